The first-order chi connectivity index (χ1) is 11.1. The van der Waals surface area contributed by atoms with Crippen molar-refractivity contribution in [3.05, 3.63) is 59.6 Å². The SMILES string of the molecule is CC(=O)Nc1ccc(/C=C(/C#N)C(=O)NCc2ccco2)cc1. The van der Waals surface area contributed by atoms with E-state index in [0.29, 0.717) is 17.0 Å². The van der Waals surface area contributed by atoms with E-state index in [2.05, 4.69) is 10.6 Å². The van der Waals surface area contributed by atoms with Crippen LogP contribution in [0.25, 0.3) is 6.08 Å². The van der Waals surface area contributed by atoms with Gasteiger partial charge in [-0.3, -0.25) is 9.59 Å². The van der Waals surface area contributed by atoms with Crippen LogP contribution in [-0.2, 0) is 16.1 Å². The fourth-order valence-corrected chi connectivity index (χ4v) is 1.86. The van der Waals surface area contributed by atoms with Crippen molar-refractivity contribution >= 4 is 23.6 Å². The molecule has 0 saturated heterocycles. The molecule has 0 saturated carbocycles. The summed E-state index contributed by atoms with van der Waals surface area (Å²) in [6.07, 6.45) is 2.99. The molecular formula is C17H15N3O3. The van der Waals surface area contributed by atoms with Gasteiger partial charge in [-0.1, -0.05) is 12.1 Å². The average molecular weight is 309 g/mol. The van der Waals surface area contributed by atoms with Crippen molar-refractivity contribution in [1.82, 2.24) is 5.32 Å². The molecule has 6 nitrogen and oxygen atoms in total. The van der Waals surface area contributed by atoms with Crippen LogP contribution in [0.2, 0.25) is 0 Å². The minimum absolute atomic E-state index is 0.0103. The summed E-state index contributed by atoms with van der Waals surface area (Å²) in [5, 5.41) is 14.4. The summed E-state index contributed by atoms with van der Waals surface area (Å²) >= 11 is 0. The van der Waals surface area contributed by atoms with Gasteiger partial charge in [0.2, 0.25) is 5.91 Å². The number of hydrogen-bond acceptors (Lipinski definition) is 4. The fourth-order valence-electron chi connectivity index (χ4n) is 1.86. The number of furan rings is 1. The van der Waals surface area contributed by atoms with Crippen LogP contribution >= 0.6 is 0 Å². The lowest BCUT2D eigenvalue weighted by Crippen LogP contribution is -2.23. The Labute approximate surface area is 133 Å². The number of anilines is 1. The van der Waals surface area contributed by atoms with E-state index in [4.69, 9.17) is 9.68 Å². The van der Waals surface area contributed by atoms with E-state index in [1.54, 1.807) is 36.4 Å². The lowest BCUT2D eigenvalue weighted by molar-refractivity contribution is -0.117. The van der Waals surface area contributed by atoms with Crippen LogP contribution in [0, 0.1) is 11.3 Å². The highest BCUT2D eigenvalue weighted by Crippen LogP contribution is 2.13. The maximum atomic E-state index is 12.0. The summed E-state index contributed by atoms with van der Waals surface area (Å²) in [6, 6.07) is 12.1. The molecule has 0 atom stereocenters. The number of nitrogens with one attached hydrogen (secondary N) is 2. The monoisotopic (exact) mass is 309 g/mol. The third-order valence-corrected chi connectivity index (χ3v) is 2.91. The summed E-state index contributed by atoms with van der Waals surface area (Å²) in [4.78, 5) is 22.9. The second-order valence-electron chi connectivity index (χ2n) is 4.74. The van der Waals surface area contributed by atoms with Crippen LogP contribution in [-0.4, -0.2) is 11.8 Å². The Morgan fingerprint density at radius 2 is 2.00 bits per heavy atom. The van der Waals surface area contributed by atoms with E-state index in [-0.39, 0.29) is 18.0 Å². The molecule has 0 aliphatic rings. The molecule has 2 aromatic rings. The quantitative estimate of drug-likeness (QED) is 0.655. The van der Waals surface area contributed by atoms with Crippen molar-refractivity contribution in [3.63, 3.8) is 0 Å². The van der Waals surface area contributed by atoms with Crippen LogP contribution in [0.1, 0.15) is 18.2 Å². The van der Waals surface area contributed by atoms with E-state index < -0.39 is 5.91 Å². The van der Waals surface area contributed by atoms with E-state index in [1.165, 1.54) is 19.3 Å². The minimum Gasteiger partial charge on any atom is -0.467 e. The van der Waals surface area contributed by atoms with Gasteiger partial charge in [0.25, 0.3) is 5.91 Å². The molecule has 1 aromatic carbocycles. The van der Waals surface area contributed by atoms with Crippen LogP contribution in [0.5, 0.6) is 0 Å². The van der Waals surface area contributed by atoms with Gasteiger partial charge in [-0.2, -0.15) is 5.26 Å². The Bertz CT molecular complexity index is 753. The van der Waals surface area contributed by atoms with Gasteiger partial charge >= 0.3 is 0 Å². The number of carbonyl (C=O) groups is 2. The van der Waals surface area contributed by atoms with Crippen molar-refractivity contribution < 1.29 is 14.0 Å². The Hall–Kier alpha value is -3.33. The van der Waals surface area contributed by atoms with Crippen molar-refractivity contribution in [1.29, 1.82) is 5.26 Å². The summed E-state index contributed by atoms with van der Waals surface area (Å²) in [6.45, 7) is 1.64. The number of nitriles is 1. The van der Waals surface area contributed by atoms with E-state index in [1.807, 2.05) is 6.07 Å². The maximum absolute atomic E-state index is 12.0. The van der Waals surface area contributed by atoms with Crippen molar-refractivity contribution in [3.8, 4) is 6.07 Å². The smallest absolute Gasteiger partial charge is 0.262 e. The van der Waals surface area contributed by atoms with E-state index >= 15 is 0 Å². The predicted molar refractivity (Wildman–Crippen MR) is 84.9 cm³/mol. The van der Waals surface area contributed by atoms with Crippen molar-refractivity contribution in [2.45, 2.75) is 13.5 Å². The molecule has 0 spiro atoms. The van der Waals surface area contributed by atoms with Gasteiger partial charge < -0.3 is 15.1 Å². The van der Waals surface area contributed by atoms with Gasteiger partial charge in [0.05, 0.1) is 12.8 Å². The van der Waals surface area contributed by atoms with Gasteiger partial charge in [0.1, 0.15) is 17.4 Å². The van der Waals surface area contributed by atoms with Gasteiger partial charge in [0.15, 0.2) is 0 Å². The standard InChI is InChI=1S/C17H15N3O3/c1-12(21)20-15-6-4-13(5-7-15)9-14(10-18)17(22)19-11-16-3-2-8-23-16/h2-9H,11H2,1H3,(H,19,22)(H,20,21)/b14-9-. The Kier molecular flexibility index (Phi) is 5.31. The first-order valence-electron chi connectivity index (χ1n) is 6.88. The zero-order valence-electron chi connectivity index (χ0n) is 12.5. The number of carbonyl (C=O) groups excluding carboxylic acids is 2. The summed E-state index contributed by atoms with van der Waals surface area (Å²) in [5.74, 6) is -0.0338. The Morgan fingerprint density at radius 1 is 1.26 bits per heavy atom. The van der Waals surface area contributed by atoms with Gasteiger partial charge in [-0.15, -0.1) is 0 Å². The highest BCUT2D eigenvalue weighted by molar-refractivity contribution is 6.01. The lowest BCUT2D eigenvalue weighted by Gasteiger charge is -2.04. The molecule has 0 aliphatic carbocycles. The zero-order valence-corrected chi connectivity index (χ0v) is 12.5. The molecule has 116 valence electrons. The second kappa shape index (κ2) is 7.61. The number of nitrogens with zero attached hydrogens (tertiary/aromatic N) is 1. The molecule has 0 radical (unpaired) electrons. The molecular weight excluding hydrogens is 294 g/mol. The molecule has 23 heavy (non-hydrogen) atoms. The van der Waals surface area contributed by atoms with Crippen molar-refractivity contribution in [2.24, 2.45) is 0 Å². The molecule has 2 rings (SSSR count). The van der Waals surface area contributed by atoms with Crippen LogP contribution in [0.15, 0.2) is 52.7 Å². The predicted octanol–water partition coefficient (Wildman–Crippen LogP) is 2.46. The van der Waals surface area contributed by atoms with Crippen LogP contribution in [0.3, 0.4) is 0 Å². The average Bonchev–Trinajstić information content (AvgIpc) is 3.04. The number of benzene rings is 1. The second-order valence-corrected chi connectivity index (χ2v) is 4.74. The third kappa shape index (κ3) is 4.86. The number of rotatable bonds is 5. The largest absolute Gasteiger partial charge is 0.467 e. The van der Waals surface area contributed by atoms with Crippen LogP contribution < -0.4 is 10.6 Å². The summed E-state index contributed by atoms with van der Waals surface area (Å²) in [7, 11) is 0. The van der Waals surface area contributed by atoms with Gasteiger partial charge in [-0.05, 0) is 35.9 Å². The summed E-state index contributed by atoms with van der Waals surface area (Å²) in [5.41, 5.74) is 1.32. The normalized spacial score (nSPS) is 10.7. The van der Waals surface area contributed by atoms with E-state index in [0.717, 1.165) is 0 Å². The fraction of sp³-hybridized carbons (Fsp3) is 0.118. The number of hydrogen-bond donors (Lipinski definition) is 2. The molecule has 0 unspecified atom stereocenters. The molecule has 1 aromatic heterocycles. The van der Waals surface area contributed by atoms with Gasteiger partial charge in [-0.25, -0.2) is 0 Å². The van der Waals surface area contributed by atoms with E-state index in [9.17, 15) is 9.59 Å². The minimum atomic E-state index is -0.477. The molecule has 2 N–H and O–H groups in total. The van der Waals surface area contributed by atoms with Crippen LogP contribution in [0.4, 0.5) is 5.69 Å². The lowest BCUT2D eigenvalue weighted by atomic mass is 10.1. The Morgan fingerprint density at radius 3 is 2.57 bits per heavy atom. The summed E-state index contributed by atoms with van der Waals surface area (Å²) < 4.78 is 5.11. The molecule has 0 bridgehead atoms. The molecule has 6 heteroatoms. The van der Waals surface area contributed by atoms with Gasteiger partial charge in [0, 0.05) is 12.6 Å². The Balaban J connectivity index is 2.04. The maximum Gasteiger partial charge on any atom is 0.262 e. The molecule has 1 heterocycles. The first kappa shape index (κ1) is 16.0. The molecule has 0 fully saturated rings. The number of amides is 2. The third-order valence-electron chi connectivity index (χ3n) is 2.91. The topological polar surface area (TPSA) is 95.1 Å². The molecule has 2 amide bonds. The molecule has 0 aliphatic heterocycles. The zero-order chi connectivity index (χ0) is 16.7. The highest BCUT2D eigenvalue weighted by atomic mass is 16.3. The van der Waals surface area contributed by atoms with Crippen molar-refractivity contribution in [2.75, 3.05) is 5.32 Å². The first-order valence-corrected chi connectivity index (χ1v) is 6.88. The highest BCUT2D eigenvalue weighted by Gasteiger charge is 2.09.